The number of nitriles is 2. The molecule has 1 aromatic carbocycles. The van der Waals surface area contributed by atoms with E-state index in [0.29, 0.717) is 19.6 Å². The van der Waals surface area contributed by atoms with Crippen LogP contribution in [0.5, 0.6) is 0 Å². The average molecular weight is 432 g/mol. The van der Waals surface area contributed by atoms with Crippen LogP contribution in [0.2, 0.25) is 0 Å². The minimum Gasteiger partial charge on any atom is -0.341 e. The molecule has 1 heterocycles. The zero-order valence-electron chi connectivity index (χ0n) is 15.9. The number of rotatable bonds is 7. The molecule has 0 saturated carbocycles. The molecule has 1 amide bonds. The van der Waals surface area contributed by atoms with E-state index >= 15 is 0 Å². The zero-order valence-corrected chi connectivity index (χ0v) is 17.5. The smallest absolute Gasteiger partial charge is 0.236 e. The lowest BCUT2D eigenvalue weighted by Gasteiger charge is -2.37. The molecular formula is C20H26BrN5O. The summed E-state index contributed by atoms with van der Waals surface area (Å²) in [5, 5.41) is 18.6. The van der Waals surface area contributed by atoms with Crippen LogP contribution in [0.3, 0.4) is 0 Å². The molecule has 1 aliphatic heterocycles. The van der Waals surface area contributed by atoms with Gasteiger partial charge in [0.2, 0.25) is 5.91 Å². The van der Waals surface area contributed by atoms with Crippen molar-refractivity contribution < 1.29 is 4.79 Å². The van der Waals surface area contributed by atoms with Crippen molar-refractivity contribution in [3.8, 4) is 12.1 Å². The van der Waals surface area contributed by atoms with Crippen molar-refractivity contribution in [2.24, 2.45) is 5.92 Å². The molecule has 1 saturated heterocycles. The molecule has 1 fully saturated rings. The van der Waals surface area contributed by atoms with Gasteiger partial charge in [0.25, 0.3) is 0 Å². The summed E-state index contributed by atoms with van der Waals surface area (Å²) in [6.07, 6.45) is 0. The Kier molecular flexibility index (Phi) is 8.24. The Bertz CT molecular complexity index is 701. The Labute approximate surface area is 170 Å². The van der Waals surface area contributed by atoms with Crippen LogP contribution in [-0.4, -0.2) is 66.4 Å². The Morgan fingerprint density at radius 2 is 1.81 bits per heavy atom. The van der Waals surface area contributed by atoms with Crippen LogP contribution < -0.4 is 0 Å². The maximum absolute atomic E-state index is 12.5. The molecule has 1 aromatic rings. The summed E-state index contributed by atoms with van der Waals surface area (Å²) in [4.78, 5) is 18.6. The number of benzene rings is 1. The Balaban J connectivity index is 1.89. The predicted octanol–water partition coefficient (Wildman–Crippen LogP) is 2.64. The molecule has 0 aliphatic carbocycles. The first kappa shape index (κ1) is 21.4. The van der Waals surface area contributed by atoms with E-state index < -0.39 is 0 Å². The van der Waals surface area contributed by atoms with Gasteiger partial charge in [0.15, 0.2) is 0 Å². The second-order valence-electron chi connectivity index (χ2n) is 6.86. The molecule has 2 rings (SSSR count). The Morgan fingerprint density at radius 1 is 1.19 bits per heavy atom. The summed E-state index contributed by atoms with van der Waals surface area (Å²) in [7, 11) is 0. The first-order valence-corrected chi connectivity index (χ1v) is 10.1. The van der Waals surface area contributed by atoms with Crippen molar-refractivity contribution in [2.75, 3.05) is 45.8 Å². The van der Waals surface area contributed by atoms with Crippen LogP contribution in [0.1, 0.15) is 25.5 Å². The van der Waals surface area contributed by atoms with Crippen molar-refractivity contribution in [1.29, 1.82) is 10.5 Å². The molecule has 2 atom stereocenters. The number of piperazine rings is 1. The minimum absolute atomic E-state index is 0.0674. The molecule has 27 heavy (non-hydrogen) atoms. The summed E-state index contributed by atoms with van der Waals surface area (Å²) in [6, 6.07) is 12.2. The van der Waals surface area contributed by atoms with Crippen LogP contribution in [0.15, 0.2) is 28.7 Å². The Hall–Kier alpha value is -1.93. The molecule has 6 nitrogen and oxygen atoms in total. The van der Waals surface area contributed by atoms with E-state index in [1.165, 1.54) is 0 Å². The van der Waals surface area contributed by atoms with Crippen LogP contribution in [0.25, 0.3) is 0 Å². The van der Waals surface area contributed by atoms with Crippen molar-refractivity contribution in [3.63, 3.8) is 0 Å². The maximum atomic E-state index is 12.5. The van der Waals surface area contributed by atoms with Crippen molar-refractivity contribution in [3.05, 3.63) is 34.3 Å². The number of amides is 1. The molecule has 0 radical (unpaired) electrons. The molecule has 0 N–H and O–H groups in total. The van der Waals surface area contributed by atoms with Gasteiger partial charge in [-0.15, -0.1) is 0 Å². The van der Waals surface area contributed by atoms with Crippen molar-refractivity contribution in [2.45, 2.75) is 19.9 Å². The van der Waals surface area contributed by atoms with Gasteiger partial charge in [-0.1, -0.05) is 28.1 Å². The molecule has 0 unspecified atom stereocenters. The maximum Gasteiger partial charge on any atom is 0.236 e. The number of hydrogen-bond acceptors (Lipinski definition) is 5. The quantitative estimate of drug-likeness (QED) is 0.663. The van der Waals surface area contributed by atoms with Gasteiger partial charge in [0, 0.05) is 43.7 Å². The second kappa shape index (κ2) is 10.4. The first-order valence-electron chi connectivity index (χ1n) is 9.27. The number of hydrogen-bond donors (Lipinski definition) is 0. The van der Waals surface area contributed by atoms with E-state index in [9.17, 15) is 10.1 Å². The van der Waals surface area contributed by atoms with Gasteiger partial charge in [-0.3, -0.25) is 14.6 Å². The summed E-state index contributed by atoms with van der Waals surface area (Å²) in [5.41, 5.74) is 0.993. The van der Waals surface area contributed by atoms with Gasteiger partial charge in [-0.25, -0.2) is 0 Å². The highest BCUT2D eigenvalue weighted by Gasteiger charge is 2.26. The van der Waals surface area contributed by atoms with Crippen LogP contribution in [0, 0.1) is 28.6 Å². The van der Waals surface area contributed by atoms with Crippen LogP contribution >= 0.6 is 15.9 Å². The standard InChI is InChI=1S/C20H26BrN5O/c1-3-25(14-16(2)12-22)20(27)15-24-8-10-26(11-9-24)19(13-23)17-4-6-18(21)7-5-17/h4-7,16,19H,3,8-11,14-15H2,1-2H3/t16-,19+/m1/s1. The van der Waals surface area contributed by atoms with Gasteiger partial charge in [0.05, 0.1) is 24.6 Å². The third kappa shape index (κ3) is 6.04. The molecule has 0 bridgehead atoms. The summed E-state index contributed by atoms with van der Waals surface area (Å²) < 4.78 is 0.998. The van der Waals surface area contributed by atoms with Crippen molar-refractivity contribution >= 4 is 21.8 Å². The number of carbonyl (C=O) groups excluding carboxylic acids is 1. The fourth-order valence-electron chi connectivity index (χ4n) is 3.26. The second-order valence-corrected chi connectivity index (χ2v) is 7.77. The molecule has 1 aliphatic rings. The first-order chi connectivity index (χ1) is 13.0. The fraction of sp³-hybridized carbons (Fsp3) is 0.550. The van der Waals surface area contributed by atoms with E-state index in [2.05, 4.69) is 37.9 Å². The largest absolute Gasteiger partial charge is 0.341 e. The monoisotopic (exact) mass is 431 g/mol. The minimum atomic E-state index is -0.264. The molecule has 0 spiro atoms. The highest BCUT2D eigenvalue weighted by atomic mass is 79.9. The van der Waals surface area contributed by atoms with Gasteiger partial charge >= 0.3 is 0 Å². The van der Waals surface area contributed by atoms with Gasteiger partial charge in [-0.2, -0.15) is 10.5 Å². The van der Waals surface area contributed by atoms with Gasteiger partial charge < -0.3 is 4.90 Å². The topological polar surface area (TPSA) is 74.4 Å². The molecule has 0 aromatic heterocycles. The van der Waals surface area contributed by atoms with Crippen LogP contribution in [-0.2, 0) is 4.79 Å². The Morgan fingerprint density at radius 3 is 2.33 bits per heavy atom. The average Bonchev–Trinajstić information content (AvgIpc) is 2.69. The van der Waals surface area contributed by atoms with Crippen LogP contribution in [0.4, 0.5) is 0 Å². The highest BCUT2D eigenvalue weighted by Crippen LogP contribution is 2.23. The third-order valence-corrected chi connectivity index (χ3v) is 5.42. The molecular weight excluding hydrogens is 406 g/mol. The fourth-order valence-corrected chi connectivity index (χ4v) is 3.53. The van der Waals surface area contributed by atoms with Gasteiger partial charge in [-0.05, 0) is 31.5 Å². The highest BCUT2D eigenvalue weighted by molar-refractivity contribution is 9.10. The van der Waals surface area contributed by atoms with Gasteiger partial charge in [0.1, 0.15) is 6.04 Å². The van der Waals surface area contributed by atoms with E-state index in [1.54, 1.807) is 4.90 Å². The lowest BCUT2D eigenvalue weighted by atomic mass is 10.1. The predicted molar refractivity (Wildman–Crippen MR) is 108 cm³/mol. The lowest BCUT2D eigenvalue weighted by Crippen LogP contribution is -2.51. The lowest BCUT2D eigenvalue weighted by molar-refractivity contribution is -0.133. The summed E-state index contributed by atoms with van der Waals surface area (Å²) in [5.74, 6) is -0.0918. The zero-order chi connectivity index (χ0) is 19.8. The summed E-state index contributed by atoms with van der Waals surface area (Å²) in [6.45, 7) is 8.25. The van der Waals surface area contributed by atoms with E-state index in [4.69, 9.17) is 5.26 Å². The third-order valence-electron chi connectivity index (χ3n) is 4.89. The van der Waals surface area contributed by atoms with Crippen molar-refractivity contribution in [1.82, 2.24) is 14.7 Å². The van der Waals surface area contributed by atoms with E-state index in [0.717, 1.165) is 36.2 Å². The van der Waals surface area contributed by atoms with E-state index in [1.807, 2.05) is 38.1 Å². The van der Waals surface area contributed by atoms with E-state index in [-0.39, 0.29) is 17.9 Å². The number of likely N-dealkylation sites (N-methyl/N-ethyl adjacent to an activating group) is 1. The normalized spacial score (nSPS) is 17.5. The SMILES string of the molecule is CCN(C[C@H](C)C#N)C(=O)CN1CCN([C@@H](C#N)c2ccc(Br)cc2)CC1. The molecule has 144 valence electrons. The number of carbonyl (C=O) groups is 1. The molecule has 7 heteroatoms. The number of nitrogens with zero attached hydrogens (tertiary/aromatic N) is 5. The summed E-state index contributed by atoms with van der Waals surface area (Å²) >= 11 is 3.42. The number of halogens is 1.